The zero-order chi connectivity index (χ0) is 21.4. The number of fused-ring (bicyclic) bond motifs is 1. The number of rotatable bonds is 3. The van der Waals surface area contributed by atoms with Gasteiger partial charge in [0.1, 0.15) is 11.8 Å². The van der Waals surface area contributed by atoms with Gasteiger partial charge in [0.2, 0.25) is 5.60 Å². The minimum Gasteiger partial charge on any atom is -0.369 e. The molecule has 3 heterocycles. The Balaban J connectivity index is 1.46. The van der Waals surface area contributed by atoms with Gasteiger partial charge in [-0.3, -0.25) is 4.79 Å². The summed E-state index contributed by atoms with van der Waals surface area (Å²) in [6.45, 7) is 0.504. The largest absolute Gasteiger partial charge is 0.369 e. The second kappa shape index (κ2) is 7.64. The molecule has 1 saturated heterocycles. The monoisotopic (exact) mass is 413 g/mol. The molecule has 31 heavy (non-hydrogen) atoms. The molecule has 2 aromatic heterocycles. The highest BCUT2D eigenvalue weighted by Gasteiger charge is 2.42. The van der Waals surface area contributed by atoms with E-state index in [4.69, 9.17) is 4.98 Å². The second-order valence-electron chi connectivity index (χ2n) is 8.23. The van der Waals surface area contributed by atoms with Gasteiger partial charge < -0.3 is 15.3 Å². The molecule has 0 radical (unpaired) electrons. The molecule has 1 saturated carbocycles. The smallest absolute Gasteiger partial charge is 0.267 e. The van der Waals surface area contributed by atoms with Crippen molar-refractivity contribution in [3.05, 3.63) is 48.3 Å². The van der Waals surface area contributed by atoms with E-state index in [0.717, 1.165) is 41.0 Å². The van der Waals surface area contributed by atoms with Crippen LogP contribution in [0, 0.1) is 11.8 Å². The lowest BCUT2D eigenvalue weighted by atomic mass is 9.93. The molecule has 1 amide bonds. The molecule has 0 bridgehead atoms. The quantitative estimate of drug-likeness (QED) is 0.642. The van der Waals surface area contributed by atoms with Crippen LogP contribution in [0.4, 0.5) is 5.82 Å². The summed E-state index contributed by atoms with van der Waals surface area (Å²) in [7, 11) is 1.67. The lowest BCUT2D eigenvalue weighted by molar-refractivity contribution is -0.137. The van der Waals surface area contributed by atoms with Crippen molar-refractivity contribution in [2.24, 2.45) is 0 Å². The maximum Gasteiger partial charge on any atom is 0.267 e. The third-order valence-corrected chi connectivity index (χ3v) is 6.01. The highest BCUT2D eigenvalue weighted by Crippen LogP contribution is 2.28. The number of carbonyl (C=O) groups is 1. The number of carbonyl (C=O) groups excluding carboxylic acids is 1. The van der Waals surface area contributed by atoms with Gasteiger partial charge in [0.25, 0.3) is 5.91 Å². The van der Waals surface area contributed by atoms with E-state index in [0.29, 0.717) is 24.6 Å². The normalized spacial score (nSPS) is 21.0. The van der Waals surface area contributed by atoms with Crippen LogP contribution in [-0.4, -0.2) is 56.1 Å². The minimum atomic E-state index is -1.61. The van der Waals surface area contributed by atoms with Gasteiger partial charge in [-0.15, -0.1) is 0 Å². The van der Waals surface area contributed by atoms with E-state index < -0.39 is 5.60 Å². The number of benzene rings is 1. The lowest BCUT2D eigenvalue weighted by Crippen LogP contribution is -2.37. The van der Waals surface area contributed by atoms with Crippen LogP contribution in [0.5, 0.6) is 0 Å². The fourth-order valence-electron chi connectivity index (χ4n) is 3.85. The van der Waals surface area contributed by atoms with Gasteiger partial charge in [-0.2, -0.15) is 0 Å². The molecule has 5 rings (SSSR count). The number of amides is 1. The predicted molar refractivity (Wildman–Crippen MR) is 118 cm³/mol. The van der Waals surface area contributed by atoms with Gasteiger partial charge in [0.15, 0.2) is 5.82 Å². The summed E-state index contributed by atoms with van der Waals surface area (Å²) in [5, 5.41) is 14.0. The summed E-state index contributed by atoms with van der Waals surface area (Å²) in [5.74, 6) is 6.15. The molecule has 7 nitrogen and oxygen atoms in total. The average Bonchev–Trinajstić information content (AvgIpc) is 3.02. The molecule has 1 aliphatic carbocycles. The van der Waals surface area contributed by atoms with Gasteiger partial charge in [0, 0.05) is 37.2 Å². The Labute approximate surface area is 180 Å². The summed E-state index contributed by atoms with van der Waals surface area (Å²) < 4.78 is 0. The molecule has 0 spiro atoms. The molecular formula is C24H23N5O2. The van der Waals surface area contributed by atoms with Gasteiger partial charge in [-0.1, -0.05) is 24.0 Å². The van der Waals surface area contributed by atoms with Crippen molar-refractivity contribution in [3.63, 3.8) is 0 Å². The van der Waals surface area contributed by atoms with Gasteiger partial charge in [-0.05, 0) is 43.5 Å². The van der Waals surface area contributed by atoms with Crippen molar-refractivity contribution in [1.82, 2.24) is 19.9 Å². The molecular weight excluding hydrogens is 390 g/mol. The Morgan fingerprint density at radius 3 is 2.84 bits per heavy atom. The van der Waals surface area contributed by atoms with Crippen molar-refractivity contribution in [2.75, 3.05) is 18.9 Å². The third kappa shape index (κ3) is 3.71. The van der Waals surface area contributed by atoms with Gasteiger partial charge >= 0.3 is 0 Å². The number of pyridine rings is 1. The minimum absolute atomic E-state index is 0.317. The third-order valence-electron chi connectivity index (χ3n) is 6.01. The lowest BCUT2D eigenvalue weighted by Gasteiger charge is -2.27. The van der Waals surface area contributed by atoms with Crippen LogP contribution in [0.1, 0.15) is 31.2 Å². The van der Waals surface area contributed by atoms with Crippen LogP contribution in [0.2, 0.25) is 0 Å². The molecule has 156 valence electrons. The molecule has 1 aromatic carbocycles. The first-order valence-corrected chi connectivity index (χ1v) is 10.5. The Morgan fingerprint density at radius 2 is 2.10 bits per heavy atom. The maximum atomic E-state index is 12.1. The van der Waals surface area contributed by atoms with E-state index in [1.54, 1.807) is 13.4 Å². The summed E-state index contributed by atoms with van der Waals surface area (Å²) in [6, 6.07) is 12.0. The fourth-order valence-corrected chi connectivity index (χ4v) is 3.85. The van der Waals surface area contributed by atoms with Crippen molar-refractivity contribution >= 4 is 22.8 Å². The fraction of sp³-hybridized carbons (Fsp3) is 0.333. The van der Waals surface area contributed by atoms with Crippen molar-refractivity contribution in [1.29, 1.82) is 0 Å². The van der Waals surface area contributed by atoms with Crippen LogP contribution < -0.4 is 5.32 Å². The van der Waals surface area contributed by atoms with E-state index in [9.17, 15) is 9.90 Å². The molecule has 1 unspecified atom stereocenters. The first-order valence-electron chi connectivity index (χ1n) is 10.5. The van der Waals surface area contributed by atoms with E-state index >= 15 is 0 Å². The predicted octanol–water partition coefficient (Wildman–Crippen LogP) is 2.60. The standard InChI is InChI=1S/C24H23N5O2/c1-29-13-12-24(31,23(29)30)11-10-16-4-2-5-17(14-16)19-8-9-20-21(28-19)22(26-15-25-20)27-18-6-3-7-18/h2,4-5,8-9,14-15,18,31H,3,6-7,12-13H2,1H3,(H,25,26,27). The van der Waals surface area contributed by atoms with Crippen LogP contribution >= 0.6 is 0 Å². The Bertz CT molecular complexity index is 1230. The zero-order valence-corrected chi connectivity index (χ0v) is 17.3. The topological polar surface area (TPSA) is 91.2 Å². The first kappa shape index (κ1) is 19.5. The number of nitrogens with zero attached hydrogens (tertiary/aromatic N) is 4. The number of aromatic nitrogens is 3. The molecule has 1 atom stereocenters. The number of aliphatic hydroxyl groups is 1. The van der Waals surface area contributed by atoms with Gasteiger partial charge in [0.05, 0.1) is 11.2 Å². The summed E-state index contributed by atoms with van der Waals surface area (Å²) in [6.07, 6.45) is 5.42. The second-order valence-corrected chi connectivity index (χ2v) is 8.23. The number of nitrogens with one attached hydrogen (secondary N) is 1. The number of hydrogen-bond acceptors (Lipinski definition) is 6. The van der Waals surface area contributed by atoms with E-state index in [1.807, 2.05) is 36.4 Å². The maximum absolute atomic E-state index is 12.1. The average molecular weight is 413 g/mol. The summed E-state index contributed by atoms with van der Waals surface area (Å²) >= 11 is 0. The SMILES string of the molecule is CN1CCC(O)(C#Cc2cccc(-c3ccc4ncnc(NC5CCC5)c4n3)c2)C1=O. The van der Waals surface area contributed by atoms with Crippen molar-refractivity contribution in [2.45, 2.75) is 37.3 Å². The molecule has 3 aromatic rings. The van der Waals surface area contributed by atoms with Gasteiger partial charge in [-0.25, -0.2) is 15.0 Å². The number of likely N-dealkylation sites (N-methyl/N-ethyl adjacent to an activating group) is 1. The van der Waals surface area contributed by atoms with E-state index in [-0.39, 0.29) is 5.91 Å². The molecule has 7 heteroatoms. The number of likely N-dealkylation sites (tertiary alicyclic amines) is 1. The summed E-state index contributed by atoms with van der Waals surface area (Å²) in [5.41, 5.74) is 2.34. The Kier molecular flexibility index (Phi) is 4.79. The van der Waals surface area contributed by atoms with E-state index in [2.05, 4.69) is 27.1 Å². The van der Waals surface area contributed by atoms with Crippen molar-refractivity contribution in [3.8, 4) is 23.1 Å². The van der Waals surface area contributed by atoms with Crippen LogP contribution in [0.15, 0.2) is 42.7 Å². The van der Waals surface area contributed by atoms with Crippen molar-refractivity contribution < 1.29 is 9.90 Å². The highest BCUT2D eigenvalue weighted by atomic mass is 16.3. The number of anilines is 1. The van der Waals surface area contributed by atoms with Crippen LogP contribution in [0.25, 0.3) is 22.3 Å². The van der Waals surface area contributed by atoms with Crippen LogP contribution in [-0.2, 0) is 4.79 Å². The Hall–Kier alpha value is -3.50. The van der Waals surface area contributed by atoms with E-state index in [1.165, 1.54) is 11.3 Å². The highest BCUT2D eigenvalue weighted by molar-refractivity contribution is 5.90. The summed E-state index contributed by atoms with van der Waals surface area (Å²) in [4.78, 5) is 27.2. The molecule has 2 fully saturated rings. The molecule has 2 aliphatic rings. The first-order chi connectivity index (χ1) is 15.0. The van der Waals surface area contributed by atoms with Crippen LogP contribution in [0.3, 0.4) is 0 Å². The Morgan fingerprint density at radius 1 is 1.23 bits per heavy atom. The molecule has 2 N–H and O–H groups in total. The zero-order valence-electron chi connectivity index (χ0n) is 17.3. The molecule has 1 aliphatic heterocycles. The number of hydrogen-bond donors (Lipinski definition) is 2.